The lowest BCUT2D eigenvalue weighted by molar-refractivity contribution is -0.165. The Kier molecular flexibility index (Phi) is 4.22. The molecule has 0 radical (unpaired) electrons. The van der Waals surface area contributed by atoms with Gasteiger partial charge in [0.15, 0.2) is 17.0 Å². The highest BCUT2D eigenvalue weighted by Crippen LogP contribution is 2.50. The van der Waals surface area contributed by atoms with Gasteiger partial charge in [0.1, 0.15) is 0 Å². The van der Waals surface area contributed by atoms with Crippen LogP contribution in [0.15, 0.2) is 48.0 Å². The van der Waals surface area contributed by atoms with Crippen LogP contribution in [-0.2, 0) is 25.5 Å². The summed E-state index contributed by atoms with van der Waals surface area (Å²) in [6, 6.07) is 11.7. The van der Waals surface area contributed by atoms with Gasteiger partial charge in [-0.1, -0.05) is 42.5 Å². The number of methoxy groups -OCH3 is 2. The van der Waals surface area contributed by atoms with E-state index in [9.17, 15) is 19.2 Å². The third kappa shape index (κ3) is 2.35. The Morgan fingerprint density at radius 2 is 1.38 bits per heavy atom. The summed E-state index contributed by atoms with van der Waals surface area (Å²) in [6.45, 7) is 1.83. The lowest BCUT2D eigenvalue weighted by Gasteiger charge is -2.38. The number of aryl methyl sites for hydroxylation is 1. The van der Waals surface area contributed by atoms with E-state index in [1.807, 2.05) is 13.0 Å². The van der Waals surface area contributed by atoms with Crippen molar-refractivity contribution in [2.24, 2.45) is 5.41 Å². The molecule has 146 valence electrons. The predicted molar refractivity (Wildman–Crippen MR) is 103 cm³/mol. The molecule has 0 saturated heterocycles. The summed E-state index contributed by atoms with van der Waals surface area (Å²) in [7, 11) is 2.29. The minimum absolute atomic E-state index is 0.0643. The first-order chi connectivity index (χ1) is 13.9. The maximum Gasteiger partial charge on any atom is 0.328 e. The molecular weight excluding hydrogens is 372 g/mol. The van der Waals surface area contributed by atoms with Crippen molar-refractivity contribution in [3.63, 3.8) is 0 Å². The Hall–Kier alpha value is -3.54. The number of benzene rings is 2. The number of fused-ring (bicyclic) bond motifs is 3. The molecule has 0 atom stereocenters. The van der Waals surface area contributed by atoms with Gasteiger partial charge >= 0.3 is 11.9 Å². The maximum absolute atomic E-state index is 13.5. The van der Waals surface area contributed by atoms with E-state index < -0.39 is 28.9 Å². The average molecular weight is 390 g/mol. The standard InChI is InChI=1S/C23H18O6/c1-12-7-6-10-13-16(12)11-23(21(26)28-2,22(27)29-3)18-17(13)19(24)14-8-4-5-9-15(14)20(18)25/h4-10H,11H2,1-3H3. The van der Waals surface area contributed by atoms with Crippen molar-refractivity contribution in [3.05, 3.63) is 75.9 Å². The third-order valence-corrected chi connectivity index (χ3v) is 5.74. The number of Topliss-reactive ketones (excluding diaryl/α,β-unsaturated/α-hetero) is 2. The van der Waals surface area contributed by atoms with Crippen LogP contribution in [0.2, 0.25) is 0 Å². The van der Waals surface area contributed by atoms with Crippen LogP contribution in [0.5, 0.6) is 0 Å². The molecule has 0 spiro atoms. The second-order valence-corrected chi connectivity index (χ2v) is 7.12. The van der Waals surface area contributed by atoms with E-state index >= 15 is 0 Å². The van der Waals surface area contributed by atoms with Crippen LogP contribution in [-0.4, -0.2) is 37.7 Å². The SMILES string of the molecule is COC(=O)C1(C(=O)OC)Cc2c(C)cccc2C2=C1C(=O)c1ccccc1C2=O. The molecule has 0 saturated carbocycles. The smallest absolute Gasteiger partial charge is 0.328 e. The summed E-state index contributed by atoms with van der Waals surface area (Å²) < 4.78 is 9.91. The fourth-order valence-corrected chi connectivity index (χ4v) is 4.34. The van der Waals surface area contributed by atoms with Gasteiger partial charge in [0.2, 0.25) is 0 Å². The monoisotopic (exact) mass is 390 g/mol. The summed E-state index contributed by atoms with van der Waals surface area (Å²) in [5, 5.41) is 0. The van der Waals surface area contributed by atoms with E-state index in [4.69, 9.17) is 9.47 Å². The zero-order valence-electron chi connectivity index (χ0n) is 16.2. The minimum atomic E-state index is -2.04. The van der Waals surface area contributed by atoms with Crippen molar-refractivity contribution in [2.75, 3.05) is 14.2 Å². The van der Waals surface area contributed by atoms with E-state index in [1.165, 1.54) is 6.07 Å². The van der Waals surface area contributed by atoms with Gasteiger partial charge in [-0.25, -0.2) is 0 Å². The first-order valence-electron chi connectivity index (χ1n) is 9.07. The number of hydrogen-bond acceptors (Lipinski definition) is 6. The van der Waals surface area contributed by atoms with Gasteiger partial charge in [0.25, 0.3) is 0 Å². The Morgan fingerprint density at radius 3 is 1.97 bits per heavy atom. The number of ketones is 2. The fraction of sp³-hybridized carbons (Fsp3) is 0.217. The van der Waals surface area contributed by atoms with Crippen LogP contribution < -0.4 is 0 Å². The van der Waals surface area contributed by atoms with Gasteiger partial charge in [0, 0.05) is 28.7 Å². The Labute approximate surface area is 167 Å². The summed E-state index contributed by atoms with van der Waals surface area (Å²) in [6.07, 6.45) is -0.117. The quantitative estimate of drug-likeness (QED) is 0.579. The molecule has 2 aliphatic carbocycles. The lowest BCUT2D eigenvalue weighted by Crippen LogP contribution is -2.50. The molecule has 6 heteroatoms. The van der Waals surface area contributed by atoms with E-state index in [1.54, 1.807) is 30.3 Å². The molecule has 6 nitrogen and oxygen atoms in total. The van der Waals surface area contributed by atoms with E-state index in [-0.39, 0.29) is 28.7 Å². The number of carbonyl (C=O) groups excluding carboxylic acids is 4. The van der Waals surface area contributed by atoms with Gasteiger partial charge in [-0.2, -0.15) is 0 Å². The number of esters is 2. The second-order valence-electron chi connectivity index (χ2n) is 7.12. The lowest BCUT2D eigenvalue weighted by atomic mass is 9.61. The van der Waals surface area contributed by atoms with Crippen LogP contribution in [0.4, 0.5) is 0 Å². The first-order valence-corrected chi connectivity index (χ1v) is 9.07. The summed E-state index contributed by atoms with van der Waals surface area (Å²) in [5.74, 6) is -2.80. The summed E-state index contributed by atoms with van der Waals surface area (Å²) in [4.78, 5) is 53.0. The van der Waals surface area contributed by atoms with Crippen molar-refractivity contribution in [3.8, 4) is 0 Å². The molecule has 0 amide bonds. The molecule has 2 aliphatic rings. The van der Waals surface area contributed by atoms with Crippen LogP contribution in [0.25, 0.3) is 5.57 Å². The van der Waals surface area contributed by atoms with Crippen molar-refractivity contribution in [2.45, 2.75) is 13.3 Å². The van der Waals surface area contributed by atoms with Crippen LogP contribution in [0, 0.1) is 12.3 Å². The van der Waals surface area contributed by atoms with E-state index in [2.05, 4.69) is 0 Å². The minimum Gasteiger partial charge on any atom is -0.468 e. The van der Waals surface area contributed by atoms with E-state index in [0.717, 1.165) is 19.8 Å². The summed E-state index contributed by atoms with van der Waals surface area (Å²) >= 11 is 0. The highest BCUT2D eigenvalue weighted by molar-refractivity contribution is 6.43. The number of carbonyl (C=O) groups is 4. The Morgan fingerprint density at radius 1 is 0.828 bits per heavy atom. The molecule has 0 unspecified atom stereocenters. The molecule has 2 aromatic carbocycles. The Bertz CT molecular complexity index is 1120. The number of rotatable bonds is 2. The molecule has 4 rings (SSSR count). The zero-order chi connectivity index (χ0) is 20.9. The van der Waals surface area contributed by atoms with Crippen molar-refractivity contribution in [1.82, 2.24) is 0 Å². The zero-order valence-corrected chi connectivity index (χ0v) is 16.2. The molecule has 0 bridgehead atoms. The van der Waals surface area contributed by atoms with E-state index in [0.29, 0.717) is 11.1 Å². The molecule has 0 aromatic heterocycles. The molecular formula is C23H18O6. The molecule has 29 heavy (non-hydrogen) atoms. The summed E-state index contributed by atoms with van der Waals surface area (Å²) in [5.41, 5.74) is 0.244. The van der Waals surface area contributed by atoms with Gasteiger partial charge in [-0.05, 0) is 23.6 Å². The first kappa shape index (κ1) is 18.8. The Balaban J connectivity index is 2.17. The molecule has 0 aliphatic heterocycles. The van der Waals surface area contributed by atoms with Crippen LogP contribution >= 0.6 is 0 Å². The number of hydrogen-bond donors (Lipinski definition) is 0. The van der Waals surface area contributed by atoms with Crippen LogP contribution in [0.3, 0.4) is 0 Å². The van der Waals surface area contributed by atoms with Gasteiger partial charge in [-0.15, -0.1) is 0 Å². The highest BCUT2D eigenvalue weighted by Gasteiger charge is 2.59. The van der Waals surface area contributed by atoms with Crippen LogP contribution in [0.1, 0.15) is 37.4 Å². The maximum atomic E-state index is 13.5. The normalized spacial score (nSPS) is 16.5. The number of allylic oxidation sites excluding steroid dienone is 1. The van der Waals surface area contributed by atoms with Crippen molar-refractivity contribution >= 4 is 29.1 Å². The highest BCUT2D eigenvalue weighted by atomic mass is 16.5. The third-order valence-electron chi connectivity index (χ3n) is 5.74. The van der Waals surface area contributed by atoms with Gasteiger partial charge in [0.05, 0.1) is 14.2 Å². The second kappa shape index (κ2) is 6.51. The molecule has 0 N–H and O–H groups in total. The molecule has 0 fully saturated rings. The van der Waals surface area contributed by atoms with Crippen molar-refractivity contribution in [1.29, 1.82) is 0 Å². The van der Waals surface area contributed by atoms with Gasteiger partial charge < -0.3 is 9.47 Å². The largest absolute Gasteiger partial charge is 0.468 e. The molecule has 2 aromatic rings. The fourth-order valence-electron chi connectivity index (χ4n) is 4.34. The van der Waals surface area contributed by atoms with Crippen molar-refractivity contribution < 1.29 is 28.7 Å². The number of ether oxygens (including phenoxy) is 2. The predicted octanol–water partition coefficient (Wildman–Crippen LogP) is 2.72. The van der Waals surface area contributed by atoms with Gasteiger partial charge in [-0.3, -0.25) is 19.2 Å². The topological polar surface area (TPSA) is 86.7 Å². The molecule has 0 heterocycles. The average Bonchev–Trinajstić information content (AvgIpc) is 2.75.